The van der Waals surface area contributed by atoms with Crippen LogP contribution in [0.1, 0.15) is 5.56 Å². The molecule has 104 valence electrons. The summed E-state index contributed by atoms with van der Waals surface area (Å²) in [7, 11) is 0. The lowest BCUT2D eigenvalue weighted by atomic mass is 10.2. The maximum atomic E-state index is 6.06. The summed E-state index contributed by atoms with van der Waals surface area (Å²) in [6, 6.07) is 9.11. The molecule has 0 unspecified atom stereocenters. The largest absolute Gasteiger partial charge is 0.442 e. The van der Waals surface area contributed by atoms with Crippen molar-refractivity contribution < 1.29 is 4.74 Å². The molecule has 0 atom stereocenters. The van der Waals surface area contributed by atoms with Crippen molar-refractivity contribution in [2.24, 2.45) is 0 Å². The fourth-order valence-electron chi connectivity index (χ4n) is 1.40. The number of ether oxygens (including phenoxy) is 1. The number of thiocarbonyl (C=S) groups is 1. The van der Waals surface area contributed by atoms with E-state index in [9.17, 15) is 0 Å². The lowest BCUT2D eigenvalue weighted by Gasteiger charge is -2.13. The molecule has 0 aliphatic heterocycles. The summed E-state index contributed by atoms with van der Waals surface area (Å²) < 4.78 is 5.52. The fourth-order valence-corrected chi connectivity index (χ4v) is 2.82. The third-order valence-electron chi connectivity index (χ3n) is 2.37. The molecule has 20 heavy (non-hydrogen) atoms. The van der Waals surface area contributed by atoms with Gasteiger partial charge < -0.3 is 4.74 Å². The van der Waals surface area contributed by atoms with Gasteiger partial charge in [0.05, 0.1) is 15.1 Å². The zero-order valence-electron chi connectivity index (χ0n) is 9.59. The van der Waals surface area contributed by atoms with Crippen LogP contribution in [0.3, 0.4) is 0 Å². The maximum Gasteiger partial charge on any atom is 0.198 e. The molecule has 0 saturated carbocycles. The predicted octanol–water partition coefficient (Wildman–Crippen LogP) is 6.71. The molecule has 2 rings (SSSR count). The topological polar surface area (TPSA) is 9.23 Å². The molecule has 0 aliphatic rings. The van der Waals surface area contributed by atoms with Crippen molar-refractivity contribution in [2.45, 2.75) is 0 Å². The lowest BCUT2D eigenvalue weighted by Crippen LogP contribution is -2.07. The van der Waals surface area contributed by atoms with Gasteiger partial charge in [0, 0.05) is 5.56 Å². The quantitative estimate of drug-likeness (QED) is 0.322. The van der Waals surface area contributed by atoms with E-state index in [1.165, 1.54) is 0 Å². The van der Waals surface area contributed by atoms with Gasteiger partial charge in [-0.15, -0.1) is 0 Å². The second-order valence-electron chi connectivity index (χ2n) is 3.65. The number of rotatable bonds is 2. The Bertz CT molecular complexity index is 643. The molecular weight excluding hydrogens is 381 g/mol. The zero-order chi connectivity index (χ0) is 14.9. The first-order chi connectivity index (χ1) is 9.43. The Morgan fingerprint density at radius 1 is 0.750 bits per heavy atom. The van der Waals surface area contributed by atoms with Gasteiger partial charge in [-0.25, -0.2) is 0 Å². The summed E-state index contributed by atoms with van der Waals surface area (Å²) in [6.07, 6.45) is 0. The number of hydrogen-bond acceptors (Lipinski definition) is 2. The number of halogens is 5. The van der Waals surface area contributed by atoms with Crippen LogP contribution in [0.5, 0.6) is 5.75 Å². The van der Waals surface area contributed by atoms with E-state index in [-0.39, 0.29) is 35.9 Å². The van der Waals surface area contributed by atoms with Gasteiger partial charge in [-0.2, -0.15) is 0 Å². The summed E-state index contributed by atoms with van der Waals surface area (Å²) in [5.41, 5.74) is 0.705. The van der Waals surface area contributed by atoms with E-state index in [0.29, 0.717) is 5.56 Å². The van der Waals surface area contributed by atoms with E-state index in [1.807, 2.05) is 18.2 Å². The molecule has 0 aliphatic carbocycles. The summed E-state index contributed by atoms with van der Waals surface area (Å²) in [4.78, 5) is 0. The Balaban J connectivity index is 2.43. The first-order valence-electron chi connectivity index (χ1n) is 5.22. The van der Waals surface area contributed by atoms with Gasteiger partial charge in [0.2, 0.25) is 0 Å². The third kappa shape index (κ3) is 3.16. The molecule has 0 saturated heterocycles. The van der Waals surface area contributed by atoms with E-state index in [2.05, 4.69) is 0 Å². The molecule has 0 heterocycles. The van der Waals surface area contributed by atoms with Crippen molar-refractivity contribution >= 4 is 75.3 Å². The molecule has 2 aromatic carbocycles. The summed E-state index contributed by atoms with van der Waals surface area (Å²) >= 11 is 35.1. The van der Waals surface area contributed by atoms with Crippen LogP contribution in [0.4, 0.5) is 0 Å². The van der Waals surface area contributed by atoms with Crippen LogP contribution in [-0.2, 0) is 0 Å². The molecule has 7 heteroatoms. The third-order valence-corrected chi connectivity index (χ3v) is 4.93. The van der Waals surface area contributed by atoms with Crippen LogP contribution < -0.4 is 4.74 Å². The maximum absolute atomic E-state index is 6.06. The van der Waals surface area contributed by atoms with Crippen LogP contribution in [0.15, 0.2) is 30.3 Å². The Morgan fingerprint density at radius 3 is 1.70 bits per heavy atom. The second kappa shape index (κ2) is 6.69. The minimum Gasteiger partial charge on any atom is -0.442 e. The van der Waals surface area contributed by atoms with E-state index in [4.69, 9.17) is 75.0 Å². The van der Waals surface area contributed by atoms with Gasteiger partial charge in [-0.1, -0.05) is 88.3 Å². The standard InChI is InChI=1S/C13H5Cl5OS/c14-7-8(15)10(17)12(11(18)9(7)16)19-13(20)6-4-2-1-3-5-6/h1-5H. The summed E-state index contributed by atoms with van der Waals surface area (Å²) in [6.45, 7) is 0. The van der Waals surface area contributed by atoms with Gasteiger partial charge in [0.1, 0.15) is 10.0 Å². The van der Waals surface area contributed by atoms with E-state index in [1.54, 1.807) is 12.1 Å². The van der Waals surface area contributed by atoms with Crippen molar-refractivity contribution in [3.8, 4) is 5.75 Å². The first kappa shape index (κ1) is 16.2. The van der Waals surface area contributed by atoms with Crippen molar-refractivity contribution in [1.82, 2.24) is 0 Å². The molecule has 1 nitrogen and oxygen atoms in total. The highest BCUT2D eigenvalue weighted by Crippen LogP contribution is 2.48. The Hall–Kier alpha value is -0.220. The number of hydrogen-bond donors (Lipinski definition) is 0. The smallest absolute Gasteiger partial charge is 0.198 e. The van der Waals surface area contributed by atoms with Crippen LogP contribution in [-0.4, -0.2) is 5.05 Å². The second-order valence-corrected chi connectivity index (χ2v) is 5.92. The molecular formula is C13H5Cl5OS. The SMILES string of the molecule is S=C(Oc1c(Cl)c(Cl)c(Cl)c(Cl)c1Cl)c1ccccc1. The molecule has 0 aromatic heterocycles. The molecule has 0 N–H and O–H groups in total. The summed E-state index contributed by atoms with van der Waals surface area (Å²) in [5.74, 6) is 0.0848. The molecule has 0 fully saturated rings. The van der Waals surface area contributed by atoms with E-state index in [0.717, 1.165) is 0 Å². The van der Waals surface area contributed by atoms with Crippen molar-refractivity contribution in [3.05, 3.63) is 61.0 Å². The van der Waals surface area contributed by atoms with Gasteiger partial charge in [-0.05, 0) is 12.2 Å². The predicted molar refractivity (Wildman–Crippen MR) is 90.3 cm³/mol. The molecule has 0 amide bonds. The first-order valence-corrected chi connectivity index (χ1v) is 7.52. The molecule has 0 radical (unpaired) electrons. The van der Waals surface area contributed by atoms with E-state index < -0.39 is 0 Å². The average Bonchev–Trinajstić information content (AvgIpc) is 2.48. The zero-order valence-corrected chi connectivity index (χ0v) is 14.2. The highest BCUT2D eigenvalue weighted by molar-refractivity contribution is 7.80. The highest BCUT2D eigenvalue weighted by atomic mass is 35.5. The monoisotopic (exact) mass is 384 g/mol. The lowest BCUT2D eigenvalue weighted by molar-refractivity contribution is 0.567. The van der Waals surface area contributed by atoms with Crippen molar-refractivity contribution in [2.75, 3.05) is 0 Å². The minimum absolute atomic E-state index is 0.0596. The van der Waals surface area contributed by atoms with Crippen LogP contribution in [0.2, 0.25) is 25.1 Å². The normalized spacial score (nSPS) is 10.4. The number of benzene rings is 2. The molecule has 0 spiro atoms. The minimum atomic E-state index is 0.0596. The van der Waals surface area contributed by atoms with Gasteiger partial charge in [-0.3, -0.25) is 0 Å². The van der Waals surface area contributed by atoms with Gasteiger partial charge in [0.15, 0.2) is 10.8 Å². The van der Waals surface area contributed by atoms with Crippen molar-refractivity contribution in [1.29, 1.82) is 0 Å². The Labute approximate surface area is 146 Å². The van der Waals surface area contributed by atoms with Crippen LogP contribution in [0.25, 0.3) is 0 Å². The Morgan fingerprint density at radius 2 is 1.20 bits per heavy atom. The highest BCUT2D eigenvalue weighted by Gasteiger charge is 2.21. The van der Waals surface area contributed by atoms with Crippen LogP contribution >= 0.6 is 70.2 Å². The fraction of sp³-hybridized carbons (Fsp3) is 0. The molecule has 0 bridgehead atoms. The average molecular weight is 387 g/mol. The molecule has 2 aromatic rings. The van der Waals surface area contributed by atoms with Crippen LogP contribution in [0, 0.1) is 0 Å². The van der Waals surface area contributed by atoms with Gasteiger partial charge in [0.25, 0.3) is 0 Å². The van der Waals surface area contributed by atoms with E-state index >= 15 is 0 Å². The summed E-state index contributed by atoms with van der Waals surface area (Å²) in [5, 5.41) is 0.515. The Kier molecular flexibility index (Phi) is 5.41. The van der Waals surface area contributed by atoms with Crippen molar-refractivity contribution in [3.63, 3.8) is 0 Å². The van der Waals surface area contributed by atoms with Gasteiger partial charge >= 0.3 is 0 Å².